The van der Waals surface area contributed by atoms with Crippen molar-refractivity contribution in [3.63, 3.8) is 0 Å². The van der Waals surface area contributed by atoms with Crippen LogP contribution in [0, 0.1) is 18.2 Å². The number of rotatable bonds is 2. The quantitative estimate of drug-likeness (QED) is 0.287. The molecule has 1 heterocycles. The Bertz CT molecular complexity index is 1010. The van der Waals surface area contributed by atoms with Crippen LogP contribution in [0.15, 0.2) is 66.7 Å². The maximum absolute atomic E-state index is 3.41. The standard InChI is InChI=1S/C28H30N2.Ir/c1-26(2)22-17-24-25(18-23(22)27(3,4)28(26,5)6)30(21-15-11-8-12-16-21)19-29(24)20-13-9-7-10-14-20;/h7-15,17-19H,1-6H3;/q-2;. The van der Waals surface area contributed by atoms with E-state index in [1.807, 2.05) is 12.1 Å². The molecule has 31 heavy (non-hydrogen) atoms. The number of hydrogen-bond donors (Lipinski definition) is 0. The fourth-order valence-electron chi connectivity index (χ4n) is 5.21. The van der Waals surface area contributed by atoms with Crippen molar-refractivity contribution in [3.8, 4) is 0 Å². The molecule has 0 unspecified atom stereocenters. The Kier molecular flexibility index (Phi) is 5.15. The smallest absolute Gasteiger partial charge is 0.0347 e. The second kappa shape index (κ2) is 7.22. The molecule has 0 amide bonds. The van der Waals surface area contributed by atoms with E-state index in [2.05, 4.69) is 119 Å². The number of fused-ring (bicyclic) bond motifs is 2. The van der Waals surface area contributed by atoms with Gasteiger partial charge in [0.15, 0.2) is 0 Å². The molecule has 0 aromatic heterocycles. The molecule has 0 spiro atoms. The zero-order valence-corrected chi connectivity index (χ0v) is 21.6. The molecule has 3 aromatic rings. The average molecular weight is 587 g/mol. The molecule has 1 aliphatic heterocycles. The van der Waals surface area contributed by atoms with Gasteiger partial charge < -0.3 is 9.80 Å². The third-order valence-corrected chi connectivity index (χ3v) is 8.32. The van der Waals surface area contributed by atoms with E-state index in [0.29, 0.717) is 0 Å². The molecule has 0 atom stereocenters. The van der Waals surface area contributed by atoms with Crippen LogP contribution in [0.1, 0.15) is 52.7 Å². The Labute approximate surface area is 200 Å². The summed E-state index contributed by atoms with van der Waals surface area (Å²) >= 11 is 0. The molecule has 0 N–H and O–H groups in total. The van der Waals surface area contributed by atoms with Crippen LogP contribution in [0.2, 0.25) is 0 Å². The van der Waals surface area contributed by atoms with Crippen LogP contribution in [-0.2, 0) is 30.9 Å². The Balaban J connectivity index is 0.00000231. The van der Waals surface area contributed by atoms with Gasteiger partial charge in [0.25, 0.3) is 0 Å². The summed E-state index contributed by atoms with van der Waals surface area (Å²) in [5.41, 5.74) is 7.91. The first-order valence-electron chi connectivity index (χ1n) is 10.8. The summed E-state index contributed by atoms with van der Waals surface area (Å²) in [5.74, 6) is 0. The summed E-state index contributed by atoms with van der Waals surface area (Å²) in [6, 6.07) is 27.1. The van der Waals surface area contributed by atoms with Gasteiger partial charge in [0.2, 0.25) is 0 Å². The van der Waals surface area contributed by atoms with Crippen molar-refractivity contribution < 1.29 is 20.1 Å². The fraction of sp³-hybridized carbons (Fsp3) is 0.321. The van der Waals surface area contributed by atoms with Crippen LogP contribution in [-0.4, -0.2) is 0 Å². The molecule has 2 aliphatic rings. The summed E-state index contributed by atoms with van der Waals surface area (Å²) in [7, 11) is 0. The predicted molar refractivity (Wildman–Crippen MR) is 127 cm³/mol. The Morgan fingerprint density at radius 2 is 1.26 bits per heavy atom. The normalized spacial score (nSPS) is 19.5. The van der Waals surface area contributed by atoms with E-state index < -0.39 is 0 Å². The molecular weight excluding hydrogens is 557 g/mol. The van der Waals surface area contributed by atoms with E-state index in [4.69, 9.17) is 0 Å². The molecule has 0 fully saturated rings. The molecule has 0 bridgehead atoms. The van der Waals surface area contributed by atoms with Crippen LogP contribution in [0.4, 0.5) is 22.7 Å². The van der Waals surface area contributed by atoms with Gasteiger partial charge >= 0.3 is 0 Å². The van der Waals surface area contributed by atoms with Gasteiger partial charge in [0, 0.05) is 37.2 Å². The third kappa shape index (κ3) is 2.93. The monoisotopic (exact) mass is 587 g/mol. The molecule has 5 rings (SSSR count). The largest absolute Gasteiger partial charge is 0.493 e. The number of para-hydroxylation sites is 2. The zero-order valence-electron chi connectivity index (χ0n) is 19.2. The molecule has 1 radical (unpaired) electrons. The molecule has 163 valence electrons. The van der Waals surface area contributed by atoms with Crippen molar-refractivity contribution >= 4 is 22.7 Å². The molecule has 2 nitrogen and oxygen atoms in total. The van der Waals surface area contributed by atoms with Crippen molar-refractivity contribution in [2.75, 3.05) is 9.80 Å². The van der Waals surface area contributed by atoms with Gasteiger partial charge in [-0.25, -0.2) is 0 Å². The first-order valence-corrected chi connectivity index (χ1v) is 10.8. The number of anilines is 4. The molecule has 0 saturated carbocycles. The molecule has 3 heteroatoms. The minimum absolute atomic E-state index is 0. The van der Waals surface area contributed by atoms with Gasteiger partial charge in [-0.1, -0.05) is 59.7 Å². The van der Waals surface area contributed by atoms with Crippen LogP contribution in [0.25, 0.3) is 0 Å². The maximum Gasteiger partial charge on any atom is 0.0347 e. The van der Waals surface area contributed by atoms with E-state index >= 15 is 0 Å². The number of nitrogens with zero attached hydrogens (tertiary/aromatic N) is 2. The van der Waals surface area contributed by atoms with Crippen LogP contribution >= 0.6 is 0 Å². The Morgan fingerprint density at radius 3 is 1.81 bits per heavy atom. The fourth-order valence-corrected chi connectivity index (χ4v) is 5.21. The summed E-state index contributed by atoms with van der Waals surface area (Å²) in [4.78, 5) is 4.59. The molecule has 1 aliphatic carbocycles. The molecule has 0 saturated heterocycles. The van der Waals surface area contributed by atoms with Crippen LogP contribution in [0.5, 0.6) is 0 Å². The molecule has 3 aromatic carbocycles. The summed E-state index contributed by atoms with van der Waals surface area (Å²) in [6.07, 6.45) is 0. The van der Waals surface area contributed by atoms with Gasteiger partial charge in [0.1, 0.15) is 0 Å². The number of hydrogen-bond acceptors (Lipinski definition) is 2. The SMILES string of the molecule is CC1(C)c2cc3c(cc2C(C)(C)C1(C)C)N(c1ccccc1)[CH-]N3c1[c-]cccc1.[Ir]. The van der Waals surface area contributed by atoms with E-state index in [-0.39, 0.29) is 36.4 Å². The Hall–Kier alpha value is -2.09. The van der Waals surface area contributed by atoms with E-state index in [1.165, 1.54) is 28.2 Å². The minimum atomic E-state index is 0. The van der Waals surface area contributed by atoms with Gasteiger partial charge in [-0.3, -0.25) is 0 Å². The van der Waals surface area contributed by atoms with Crippen molar-refractivity contribution in [1.82, 2.24) is 0 Å². The van der Waals surface area contributed by atoms with Gasteiger partial charge in [-0.05, 0) is 51.6 Å². The average Bonchev–Trinajstić information content (AvgIpc) is 3.16. The number of benzene rings is 3. The van der Waals surface area contributed by atoms with Crippen LogP contribution in [0.3, 0.4) is 0 Å². The van der Waals surface area contributed by atoms with Crippen molar-refractivity contribution in [2.24, 2.45) is 5.41 Å². The molecular formula is C28H30IrN2-2. The second-order valence-electron chi connectivity index (χ2n) is 10.2. The van der Waals surface area contributed by atoms with Crippen molar-refractivity contribution in [1.29, 1.82) is 0 Å². The third-order valence-electron chi connectivity index (χ3n) is 8.32. The second-order valence-corrected chi connectivity index (χ2v) is 10.2. The van der Waals surface area contributed by atoms with E-state index in [9.17, 15) is 0 Å². The zero-order chi connectivity index (χ0) is 21.3. The summed E-state index contributed by atoms with van der Waals surface area (Å²) in [5, 5.41) is 0. The summed E-state index contributed by atoms with van der Waals surface area (Å²) in [6.45, 7) is 16.7. The van der Waals surface area contributed by atoms with E-state index in [1.54, 1.807) is 0 Å². The predicted octanol–water partition coefficient (Wildman–Crippen LogP) is 7.49. The van der Waals surface area contributed by atoms with Crippen LogP contribution < -0.4 is 9.80 Å². The summed E-state index contributed by atoms with van der Waals surface area (Å²) < 4.78 is 0. The Morgan fingerprint density at radius 1 is 0.710 bits per heavy atom. The topological polar surface area (TPSA) is 6.48 Å². The van der Waals surface area contributed by atoms with Gasteiger partial charge in [-0.15, -0.1) is 12.4 Å². The van der Waals surface area contributed by atoms with Crippen molar-refractivity contribution in [2.45, 2.75) is 52.4 Å². The van der Waals surface area contributed by atoms with Gasteiger partial charge in [-0.2, -0.15) is 30.3 Å². The first kappa shape index (κ1) is 22.1. The van der Waals surface area contributed by atoms with E-state index in [0.717, 1.165) is 5.69 Å². The minimum Gasteiger partial charge on any atom is -0.493 e. The van der Waals surface area contributed by atoms with Crippen molar-refractivity contribution in [3.05, 3.63) is 90.6 Å². The maximum atomic E-state index is 3.41. The first-order chi connectivity index (χ1) is 14.2. The van der Waals surface area contributed by atoms with Gasteiger partial charge in [0.05, 0.1) is 0 Å².